The summed E-state index contributed by atoms with van der Waals surface area (Å²) >= 11 is 2.32. The Balaban J connectivity index is 2.15. The maximum atomic E-state index is 5.85. The average Bonchev–Trinajstić information content (AvgIpc) is 2.52. The third kappa shape index (κ3) is 5.30. The van der Waals surface area contributed by atoms with Gasteiger partial charge in [0.15, 0.2) is 11.5 Å². The van der Waals surface area contributed by atoms with E-state index in [9.17, 15) is 0 Å². The van der Waals surface area contributed by atoms with Crippen LogP contribution in [0.15, 0.2) is 36.4 Å². The normalized spacial score (nSPS) is 10.4. The number of hydrogen-bond acceptors (Lipinski definition) is 3. The predicted octanol–water partition coefficient (Wildman–Crippen LogP) is 5.40. The van der Waals surface area contributed by atoms with Gasteiger partial charge in [-0.05, 0) is 78.3 Å². The van der Waals surface area contributed by atoms with Crippen LogP contribution in [-0.2, 0) is 6.54 Å². The molecule has 0 aliphatic rings. The second-order valence-corrected chi connectivity index (χ2v) is 6.57. The SMILES string of the molecule is CCCOc1c(I)cc(CNc2cccc(C)c2)cc1OCC. The summed E-state index contributed by atoms with van der Waals surface area (Å²) in [5.41, 5.74) is 3.57. The molecule has 124 valence electrons. The molecule has 0 unspecified atom stereocenters. The van der Waals surface area contributed by atoms with Gasteiger partial charge in [0.1, 0.15) is 0 Å². The fourth-order valence-electron chi connectivity index (χ4n) is 2.29. The lowest BCUT2D eigenvalue weighted by Crippen LogP contribution is -2.05. The summed E-state index contributed by atoms with van der Waals surface area (Å²) in [5, 5.41) is 3.46. The summed E-state index contributed by atoms with van der Waals surface area (Å²) in [6, 6.07) is 12.6. The number of anilines is 1. The van der Waals surface area contributed by atoms with E-state index in [2.05, 4.69) is 78.2 Å². The Hall–Kier alpha value is -1.43. The Kier molecular flexibility index (Phi) is 7.02. The minimum Gasteiger partial charge on any atom is -0.490 e. The lowest BCUT2D eigenvalue weighted by Gasteiger charge is -2.16. The van der Waals surface area contributed by atoms with E-state index in [1.807, 2.05) is 6.92 Å². The van der Waals surface area contributed by atoms with Crippen LogP contribution in [0.1, 0.15) is 31.4 Å². The van der Waals surface area contributed by atoms with Crippen molar-refractivity contribution >= 4 is 28.3 Å². The summed E-state index contributed by atoms with van der Waals surface area (Å²) in [4.78, 5) is 0. The van der Waals surface area contributed by atoms with E-state index in [4.69, 9.17) is 9.47 Å². The van der Waals surface area contributed by atoms with Crippen molar-refractivity contribution in [1.82, 2.24) is 0 Å². The predicted molar refractivity (Wildman–Crippen MR) is 105 cm³/mol. The lowest BCUT2D eigenvalue weighted by molar-refractivity contribution is 0.275. The maximum Gasteiger partial charge on any atom is 0.174 e. The number of hydrogen-bond donors (Lipinski definition) is 1. The molecule has 4 heteroatoms. The molecule has 0 fully saturated rings. The van der Waals surface area contributed by atoms with Crippen LogP contribution >= 0.6 is 22.6 Å². The van der Waals surface area contributed by atoms with Gasteiger partial charge in [-0.25, -0.2) is 0 Å². The van der Waals surface area contributed by atoms with Crippen molar-refractivity contribution < 1.29 is 9.47 Å². The highest BCUT2D eigenvalue weighted by atomic mass is 127. The number of benzene rings is 2. The monoisotopic (exact) mass is 425 g/mol. The summed E-state index contributed by atoms with van der Waals surface area (Å²) in [5.74, 6) is 1.68. The Morgan fingerprint density at radius 2 is 1.91 bits per heavy atom. The Morgan fingerprint density at radius 1 is 1.09 bits per heavy atom. The molecule has 0 spiro atoms. The third-order valence-corrected chi connectivity index (χ3v) is 4.14. The van der Waals surface area contributed by atoms with Crippen molar-refractivity contribution in [3.05, 3.63) is 51.1 Å². The molecule has 23 heavy (non-hydrogen) atoms. The van der Waals surface area contributed by atoms with Gasteiger partial charge in [-0.15, -0.1) is 0 Å². The van der Waals surface area contributed by atoms with Crippen LogP contribution in [0.25, 0.3) is 0 Å². The van der Waals surface area contributed by atoms with Crippen molar-refractivity contribution in [2.24, 2.45) is 0 Å². The first-order valence-corrected chi connectivity index (χ1v) is 9.10. The maximum absolute atomic E-state index is 5.85. The van der Waals surface area contributed by atoms with E-state index < -0.39 is 0 Å². The van der Waals surface area contributed by atoms with Gasteiger partial charge in [-0.1, -0.05) is 19.1 Å². The number of nitrogens with one attached hydrogen (secondary N) is 1. The fourth-order valence-corrected chi connectivity index (χ4v) is 3.11. The molecule has 0 amide bonds. The highest BCUT2D eigenvalue weighted by Gasteiger charge is 2.12. The summed E-state index contributed by atoms with van der Waals surface area (Å²) in [7, 11) is 0. The van der Waals surface area contributed by atoms with Crippen molar-refractivity contribution in [3.63, 3.8) is 0 Å². The Bertz CT molecular complexity index is 643. The summed E-state index contributed by atoms with van der Waals surface area (Å²) in [6.07, 6.45) is 0.984. The molecule has 0 atom stereocenters. The molecule has 2 aromatic rings. The van der Waals surface area contributed by atoms with Gasteiger partial charge in [-0.2, -0.15) is 0 Å². The van der Waals surface area contributed by atoms with Crippen LogP contribution in [0.4, 0.5) is 5.69 Å². The van der Waals surface area contributed by atoms with E-state index >= 15 is 0 Å². The number of ether oxygens (including phenoxy) is 2. The van der Waals surface area contributed by atoms with Gasteiger partial charge >= 0.3 is 0 Å². The number of aryl methyl sites for hydroxylation is 1. The second-order valence-electron chi connectivity index (χ2n) is 5.41. The first kappa shape index (κ1) is 17.9. The molecule has 0 aliphatic carbocycles. The van der Waals surface area contributed by atoms with Gasteiger partial charge in [0, 0.05) is 12.2 Å². The van der Waals surface area contributed by atoms with Crippen LogP contribution in [0.2, 0.25) is 0 Å². The van der Waals surface area contributed by atoms with Crippen molar-refractivity contribution in [3.8, 4) is 11.5 Å². The zero-order valence-electron chi connectivity index (χ0n) is 14.0. The zero-order chi connectivity index (χ0) is 16.7. The lowest BCUT2D eigenvalue weighted by atomic mass is 10.1. The topological polar surface area (TPSA) is 30.5 Å². The molecule has 1 N–H and O–H groups in total. The number of halogens is 1. The second kappa shape index (κ2) is 9.01. The fraction of sp³-hybridized carbons (Fsp3) is 0.368. The molecule has 0 heterocycles. The van der Waals surface area contributed by atoms with Crippen molar-refractivity contribution in [2.45, 2.75) is 33.7 Å². The Morgan fingerprint density at radius 3 is 2.61 bits per heavy atom. The molecular weight excluding hydrogens is 401 g/mol. The molecule has 0 saturated carbocycles. The van der Waals surface area contributed by atoms with Crippen LogP contribution in [0, 0.1) is 10.5 Å². The molecule has 0 radical (unpaired) electrons. The minimum absolute atomic E-state index is 0.632. The van der Waals surface area contributed by atoms with Gasteiger partial charge in [0.05, 0.1) is 16.8 Å². The largest absolute Gasteiger partial charge is 0.490 e. The molecule has 0 aliphatic heterocycles. The molecule has 0 saturated heterocycles. The molecule has 2 rings (SSSR count). The van der Waals surface area contributed by atoms with E-state index in [0.717, 1.165) is 33.7 Å². The van der Waals surface area contributed by atoms with Crippen molar-refractivity contribution in [2.75, 3.05) is 18.5 Å². The van der Waals surface area contributed by atoms with E-state index in [1.54, 1.807) is 0 Å². The van der Waals surface area contributed by atoms with Gasteiger partial charge < -0.3 is 14.8 Å². The highest BCUT2D eigenvalue weighted by Crippen LogP contribution is 2.34. The van der Waals surface area contributed by atoms with Crippen LogP contribution in [-0.4, -0.2) is 13.2 Å². The van der Waals surface area contributed by atoms with E-state index in [1.165, 1.54) is 11.1 Å². The summed E-state index contributed by atoms with van der Waals surface area (Å²) in [6.45, 7) is 8.29. The first-order valence-electron chi connectivity index (χ1n) is 8.02. The molecule has 0 aromatic heterocycles. The van der Waals surface area contributed by atoms with E-state index in [0.29, 0.717) is 13.2 Å². The molecule has 3 nitrogen and oxygen atoms in total. The average molecular weight is 425 g/mol. The molecule has 0 bridgehead atoms. The Labute approximate surface area is 152 Å². The standard InChI is InChI=1S/C19H24INO2/c1-4-9-23-19-17(20)11-15(12-18(19)22-5-2)13-21-16-8-6-7-14(3)10-16/h6-8,10-12,21H,4-5,9,13H2,1-3H3. The van der Waals surface area contributed by atoms with Crippen LogP contribution in [0.5, 0.6) is 11.5 Å². The van der Waals surface area contributed by atoms with Gasteiger partial charge in [-0.3, -0.25) is 0 Å². The van der Waals surface area contributed by atoms with Gasteiger partial charge in [0.25, 0.3) is 0 Å². The number of rotatable bonds is 8. The first-order chi connectivity index (χ1) is 11.1. The zero-order valence-corrected chi connectivity index (χ0v) is 16.1. The summed E-state index contributed by atoms with van der Waals surface area (Å²) < 4.78 is 12.7. The van der Waals surface area contributed by atoms with Gasteiger partial charge in [0.2, 0.25) is 0 Å². The van der Waals surface area contributed by atoms with Crippen molar-refractivity contribution in [1.29, 1.82) is 0 Å². The van der Waals surface area contributed by atoms with E-state index in [-0.39, 0.29) is 0 Å². The molecular formula is C19H24INO2. The quantitative estimate of drug-likeness (QED) is 0.575. The smallest absolute Gasteiger partial charge is 0.174 e. The minimum atomic E-state index is 0.632. The van der Waals surface area contributed by atoms with Crippen LogP contribution < -0.4 is 14.8 Å². The molecule has 2 aromatic carbocycles. The highest BCUT2D eigenvalue weighted by molar-refractivity contribution is 14.1. The van der Waals surface area contributed by atoms with Crippen LogP contribution in [0.3, 0.4) is 0 Å². The third-order valence-electron chi connectivity index (χ3n) is 3.33.